The largest absolute Gasteiger partial charge is 0.465 e. The van der Waals surface area contributed by atoms with Crippen LogP contribution in [0.5, 0.6) is 0 Å². The molecule has 0 saturated carbocycles. The van der Waals surface area contributed by atoms with Crippen molar-refractivity contribution in [2.24, 2.45) is 5.92 Å². The van der Waals surface area contributed by atoms with E-state index in [1.807, 2.05) is 12.1 Å². The van der Waals surface area contributed by atoms with Gasteiger partial charge in [0.25, 0.3) is 0 Å². The second-order valence-electron chi connectivity index (χ2n) is 7.56. The molecule has 0 fully saturated rings. The molecule has 2 aromatic carbocycles. The molecule has 0 saturated heterocycles. The number of hydrogen-bond donors (Lipinski definition) is 1. The Kier molecular flexibility index (Phi) is 4.31. The van der Waals surface area contributed by atoms with E-state index in [4.69, 9.17) is 4.74 Å². The van der Waals surface area contributed by atoms with Crippen LogP contribution in [0.15, 0.2) is 54.6 Å². The van der Waals surface area contributed by atoms with Crippen LogP contribution in [0.4, 0.5) is 5.69 Å². The zero-order chi connectivity index (χ0) is 18.3. The Balaban J connectivity index is 1.74. The molecule has 0 spiro atoms. The van der Waals surface area contributed by atoms with Crippen molar-refractivity contribution in [1.82, 2.24) is 0 Å². The number of carbonyl (C=O) groups is 1. The first-order chi connectivity index (χ1) is 12.6. The molecule has 134 valence electrons. The van der Waals surface area contributed by atoms with Crippen molar-refractivity contribution in [3.63, 3.8) is 0 Å². The minimum Gasteiger partial charge on any atom is -0.465 e. The average Bonchev–Trinajstić information content (AvgIpc) is 3.16. The van der Waals surface area contributed by atoms with Gasteiger partial charge in [0.05, 0.1) is 18.7 Å². The SMILES string of the molecule is COC(=O)c1ccc(C2Nc3c(C(C)C)cccc3C3C=CCC32)cc1. The van der Waals surface area contributed by atoms with E-state index in [-0.39, 0.29) is 12.0 Å². The maximum atomic E-state index is 11.7. The van der Waals surface area contributed by atoms with E-state index in [0.29, 0.717) is 23.3 Å². The number of carbonyl (C=O) groups excluding carboxylic acids is 1. The highest BCUT2D eigenvalue weighted by Gasteiger charge is 2.38. The molecule has 1 aliphatic heterocycles. The lowest BCUT2D eigenvalue weighted by Crippen LogP contribution is -2.30. The van der Waals surface area contributed by atoms with Crippen molar-refractivity contribution >= 4 is 11.7 Å². The summed E-state index contributed by atoms with van der Waals surface area (Å²) in [6.07, 6.45) is 5.75. The highest BCUT2D eigenvalue weighted by Crippen LogP contribution is 2.51. The second-order valence-corrected chi connectivity index (χ2v) is 7.56. The van der Waals surface area contributed by atoms with Gasteiger partial charge in [-0.05, 0) is 47.1 Å². The number of rotatable bonds is 3. The molecule has 0 radical (unpaired) electrons. The van der Waals surface area contributed by atoms with Crippen LogP contribution in [0.3, 0.4) is 0 Å². The third kappa shape index (κ3) is 2.72. The van der Waals surface area contributed by atoms with Gasteiger partial charge in [-0.25, -0.2) is 4.79 Å². The van der Waals surface area contributed by atoms with Gasteiger partial charge in [-0.15, -0.1) is 0 Å². The first-order valence-electron chi connectivity index (χ1n) is 9.34. The second kappa shape index (κ2) is 6.64. The summed E-state index contributed by atoms with van der Waals surface area (Å²) in [5.41, 5.74) is 5.89. The van der Waals surface area contributed by atoms with Gasteiger partial charge < -0.3 is 10.1 Å². The first kappa shape index (κ1) is 16.9. The van der Waals surface area contributed by atoms with E-state index in [2.05, 4.69) is 61.6 Å². The van der Waals surface area contributed by atoms with Crippen LogP contribution < -0.4 is 5.32 Å². The number of methoxy groups -OCH3 is 1. The number of ether oxygens (including phenoxy) is 1. The Morgan fingerprint density at radius 3 is 2.62 bits per heavy atom. The van der Waals surface area contributed by atoms with Crippen LogP contribution in [-0.2, 0) is 4.74 Å². The molecule has 0 aromatic heterocycles. The molecule has 3 atom stereocenters. The number of hydrogen-bond acceptors (Lipinski definition) is 3. The Labute approximate surface area is 155 Å². The van der Waals surface area contributed by atoms with Crippen LogP contribution >= 0.6 is 0 Å². The molecule has 1 heterocycles. The molecule has 26 heavy (non-hydrogen) atoms. The Morgan fingerprint density at radius 1 is 1.15 bits per heavy atom. The number of esters is 1. The molecule has 3 heteroatoms. The molecule has 1 N–H and O–H groups in total. The smallest absolute Gasteiger partial charge is 0.337 e. The summed E-state index contributed by atoms with van der Waals surface area (Å²) < 4.78 is 4.81. The van der Waals surface area contributed by atoms with Crippen molar-refractivity contribution in [2.45, 2.75) is 38.1 Å². The molecule has 0 bridgehead atoms. The molecular weight excluding hydrogens is 322 g/mol. The molecule has 0 amide bonds. The summed E-state index contributed by atoms with van der Waals surface area (Å²) in [6, 6.07) is 14.8. The Hall–Kier alpha value is -2.55. The van der Waals surface area contributed by atoms with Gasteiger partial charge in [0.15, 0.2) is 0 Å². The topological polar surface area (TPSA) is 38.3 Å². The molecule has 3 nitrogen and oxygen atoms in total. The summed E-state index contributed by atoms with van der Waals surface area (Å²) in [5.74, 6) is 1.15. The summed E-state index contributed by atoms with van der Waals surface area (Å²) in [5, 5.41) is 3.84. The maximum Gasteiger partial charge on any atom is 0.337 e. The maximum absolute atomic E-state index is 11.7. The standard InChI is InChI=1S/C23H25NO2/c1-14(2)17-6-4-9-20-18-7-5-8-19(18)21(24-22(17)20)15-10-12-16(13-11-15)23(25)26-3/h4-7,9-14,18-19,21,24H,8H2,1-3H3. The van der Waals surface area contributed by atoms with E-state index in [1.165, 1.54) is 29.5 Å². The number of nitrogens with one attached hydrogen (secondary N) is 1. The van der Waals surface area contributed by atoms with Crippen LogP contribution in [0.25, 0.3) is 0 Å². The van der Waals surface area contributed by atoms with Gasteiger partial charge in [-0.2, -0.15) is 0 Å². The van der Waals surface area contributed by atoms with E-state index in [9.17, 15) is 4.79 Å². The van der Waals surface area contributed by atoms with Crippen molar-refractivity contribution in [3.05, 3.63) is 76.9 Å². The van der Waals surface area contributed by atoms with Gasteiger partial charge in [0.2, 0.25) is 0 Å². The number of fused-ring (bicyclic) bond motifs is 3. The Morgan fingerprint density at radius 2 is 1.92 bits per heavy atom. The van der Waals surface area contributed by atoms with Gasteiger partial charge >= 0.3 is 5.97 Å². The molecular formula is C23H25NO2. The van der Waals surface area contributed by atoms with E-state index >= 15 is 0 Å². The number of benzene rings is 2. The lowest BCUT2D eigenvalue weighted by atomic mass is 9.75. The predicted octanol–water partition coefficient (Wildman–Crippen LogP) is 5.42. The van der Waals surface area contributed by atoms with Crippen molar-refractivity contribution in [2.75, 3.05) is 12.4 Å². The van der Waals surface area contributed by atoms with Gasteiger partial charge in [0, 0.05) is 11.6 Å². The zero-order valence-electron chi connectivity index (χ0n) is 15.5. The lowest BCUT2D eigenvalue weighted by molar-refractivity contribution is 0.0600. The number of allylic oxidation sites excluding steroid dienone is 2. The van der Waals surface area contributed by atoms with Crippen LogP contribution in [0, 0.1) is 5.92 Å². The summed E-state index contributed by atoms with van der Waals surface area (Å²) in [4.78, 5) is 11.7. The fourth-order valence-corrected chi connectivity index (χ4v) is 4.40. The van der Waals surface area contributed by atoms with Gasteiger partial charge in [0.1, 0.15) is 0 Å². The van der Waals surface area contributed by atoms with Crippen LogP contribution in [-0.4, -0.2) is 13.1 Å². The summed E-state index contributed by atoms with van der Waals surface area (Å²) in [7, 11) is 1.41. The molecule has 2 aliphatic rings. The van der Waals surface area contributed by atoms with Gasteiger partial charge in [-0.1, -0.05) is 56.3 Å². The molecule has 4 rings (SSSR count). The van der Waals surface area contributed by atoms with E-state index < -0.39 is 0 Å². The van der Waals surface area contributed by atoms with Crippen molar-refractivity contribution in [3.8, 4) is 0 Å². The summed E-state index contributed by atoms with van der Waals surface area (Å²) >= 11 is 0. The normalized spacial score (nSPS) is 23.3. The number of anilines is 1. The third-order valence-corrected chi connectivity index (χ3v) is 5.74. The minimum absolute atomic E-state index is 0.245. The Bertz CT molecular complexity index is 851. The fraction of sp³-hybridized carbons (Fsp3) is 0.348. The van der Waals surface area contributed by atoms with Crippen LogP contribution in [0.2, 0.25) is 0 Å². The highest BCUT2D eigenvalue weighted by molar-refractivity contribution is 5.89. The van der Waals surface area contributed by atoms with Gasteiger partial charge in [-0.3, -0.25) is 0 Å². The van der Waals surface area contributed by atoms with Crippen molar-refractivity contribution in [1.29, 1.82) is 0 Å². The van der Waals surface area contributed by atoms with E-state index in [0.717, 1.165) is 6.42 Å². The molecule has 3 unspecified atom stereocenters. The van der Waals surface area contributed by atoms with Crippen molar-refractivity contribution < 1.29 is 9.53 Å². The molecule has 1 aliphatic carbocycles. The fourth-order valence-electron chi connectivity index (χ4n) is 4.40. The van der Waals surface area contributed by atoms with E-state index in [1.54, 1.807) is 0 Å². The third-order valence-electron chi connectivity index (χ3n) is 5.74. The predicted molar refractivity (Wildman–Crippen MR) is 105 cm³/mol. The number of para-hydroxylation sites is 1. The van der Waals surface area contributed by atoms with Crippen LogP contribution in [0.1, 0.15) is 65.2 Å². The summed E-state index contributed by atoms with van der Waals surface area (Å²) in [6.45, 7) is 4.49. The lowest BCUT2D eigenvalue weighted by Gasteiger charge is -2.39. The zero-order valence-corrected chi connectivity index (χ0v) is 15.5. The minimum atomic E-state index is -0.291. The molecule has 2 aromatic rings. The monoisotopic (exact) mass is 347 g/mol. The quantitative estimate of drug-likeness (QED) is 0.595. The first-order valence-corrected chi connectivity index (χ1v) is 9.34. The highest BCUT2D eigenvalue weighted by atomic mass is 16.5. The average molecular weight is 347 g/mol.